The number of imide groups is 1. The van der Waals surface area contributed by atoms with E-state index >= 15 is 0 Å². The lowest BCUT2D eigenvalue weighted by molar-refractivity contribution is -0.144. The van der Waals surface area contributed by atoms with Gasteiger partial charge in [-0.2, -0.15) is 0 Å². The van der Waals surface area contributed by atoms with Crippen LogP contribution in [0.15, 0.2) is 60.7 Å². The number of hydrogen-bond acceptors (Lipinski definition) is 5. The predicted octanol–water partition coefficient (Wildman–Crippen LogP) is 2.96. The van der Waals surface area contributed by atoms with Gasteiger partial charge in [0.25, 0.3) is 5.91 Å². The minimum Gasteiger partial charge on any atom is -0.481 e. The van der Waals surface area contributed by atoms with Gasteiger partial charge in [-0.25, -0.2) is 4.39 Å². The molecular formula is C25H26FN3O5. The van der Waals surface area contributed by atoms with Crippen molar-refractivity contribution in [1.29, 1.82) is 0 Å². The number of hydrogen-bond donors (Lipinski definition) is 2. The number of benzene rings is 2. The number of carboxylic acid groups (broad SMARTS) is 1. The van der Waals surface area contributed by atoms with E-state index < -0.39 is 54.7 Å². The highest BCUT2D eigenvalue weighted by Gasteiger charge is 2.40. The molecule has 0 spiro atoms. The molecule has 0 bridgehead atoms. The van der Waals surface area contributed by atoms with Crippen LogP contribution in [0.2, 0.25) is 0 Å². The molecule has 0 aliphatic carbocycles. The Morgan fingerprint density at radius 1 is 1.03 bits per heavy atom. The Balaban J connectivity index is 2.25. The van der Waals surface area contributed by atoms with Crippen molar-refractivity contribution in [1.82, 2.24) is 9.47 Å². The van der Waals surface area contributed by atoms with Gasteiger partial charge in [-0.1, -0.05) is 50.2 Å². The van der Waals surface area contributed by atoms with E-state index in [-0.39, 0.29) is 5.69 Å². The van der Waals surface area contributed by atoms with Gasteiger partial charge < -0.3 is 15.4 Å². The Bertz CT molecular complexity index is 1220. The first kappa shape index (κ1) is 24.8. The number of Topliss-reactive ketones (excluding diaryl/α,β-unsaturated/α-hetero) is 1. The summed E-state index contributed by atoms with van der Waals surface area (Å²) in [5, 5.41) is 10.0. The van der Waals surface area contributed by atoms with Crippen LogP contribution in [0.3, 0.4) is 0 Å². The van der Waals surface area contributed by atoms with E-state index in [0.717, 1.165) is 0 Å². The SMILES string of the molecule is CC(C)[C@H](N)C(=O)N(C(=O)c1cc2ccccc2n1-c1ccccc1)C(CC(=O)O)C(=O)CF. The van der Waals surface area contributed by atoms with Crippen LogP contribution in [0.1, 0.15) is 30.8 Å². The van der Waals surface area contributed by atoms with Crippen LogP contribution in [0.25, 0.3) is 16.6 Å². The molecule has 2 aromatic carbocycles. The van der Waals surface area contributed by atoms with Gasteiger partial charge in [0.05, 0.1) is 18.0 Å². The van der Waals surface area contributed by atoms with E-state index in [1.165, 1.54) is 0 Å². The second-order valence-electron chi connectivity index (χ2n) is 8.26. The van der Waals surface area contributed by atoms with Gasteiger partial charge in [-0.15, -0.1) is 0 Å². The number of nitrogens with two attached hydrogens (primary N) is 1. The molecular weight excluding hydrogens is 441 g/mol. The summed E-state index contributed by atoms with van der Waals surface area (Å²) in [7, 11) is 0. The zero-order valence-corrected chi connectivity index (χ0v) is 18.8. The Kier molecular flexibility index (Phi) is 7.57. The summed E-state index contributed by atoms with van der Waals surface area (Å²) < 4.78 is 15.0. The van der Waals surface area contributed by atoms with Crippen LogP contribution in [0, 0.1) is 5.92 Å². The first-order chi connectivity index (χ1) is 16.2. The van der Waals surface area contributed by atoms with Gasteiger partial charge in [-0.05, 0) is 30.2 Å². The van der Waals surface area contributed by atoms with Crippen molar-refractivity contribution in [2.75, 3.05) is 6.67 Å². The van der Waals surface area contributed by atoms with Gasteiger partial charge >= 0.3 is 5.97 Å². The molecule has 2 atom stereocenters. The highest BCUT2D eigenvalue weighted by Crippen LogP contribution is 2.27. The van der Waals surface area contributed by atoms with E-state index in [4.69, 9.17) is 5.73 Å². The summed E-state index contributed by atoms with van der Waals surface area (Å²) in [5.41, 5.74) is 7.29. The van der Waals surface area contributed by atoms with Crippen molar-refractivity contribution in [2.45, 2.75) is 32.4 Å². The number of rotatable bonds is 9. The Morgan fingerprint density at radius 2 is 1.65 bits per heavy atom. The quantitative estimate of drug-likeness (QED) is 0.499. The van der Waals surface area contributed by atoms with Gasteiger partial charge in [0.2, 0.25) is 5.91 Å². The van der Waals surface area contributed by atoms with Crippen LogP contribution in [-0.4, -0.2) is 56.9 Å². The lowest BCUT2D eigenvalue weighted by atomic mass is 10.00. The molecule has 1 heterocycles. The predicted molar refractivity (Wildman–Crippen MR) is 124 cm³/mol. The van der Waals surface area contributed by atoms with Crippen molar-refractivity contribution in [3.63, 3.8) is 0 Å². The van der Waals surface area contributed by atoms with E-state index in [2.05, 4.69) is 0 Å². The summed E-state index contributed by atoms with van der Waals surface area (Å²) in [6, 6.07) is 14.5. The standard InChI is InChI=1S/C25H26FN3O5/c1-15(2)23(27)25(34)29(19(13-22(31)32)21(30)14-26)24(33)20-12-16-8-6-7-11-18(16)28(20)17-9-4-3-5-10-17/h3-12,15,19,23H,13-14,27H2,1-2H3,(H,31,32)/t19?,23-/m0/s1. The number of ketones is 1. The Morgan fingerprint density at radius 3 is 2.24 bits per heavy atom. The maximum atomic E-state index is 13.9. The van der Waals surface area contributed by atoms with E-state index in [1.54, 1.807) is 79.1 Å². The highest BCUT2D eigenvalue weighted by atomic mass is 19.1. The summed E-state index contributed by atoms with van der Waals surface area (Å²) >= 11 is 0. The molecule has 0 aliphatic rings. The fourth-order valence-electron chi connectivity index (χ4n) is 3.74. The van der Waals surface area contributed by atoms with Gasteiger partial charge in [0.15, 0.2) is 5.78 Å². The zero-order chi connectivity index (χ0) is 25.0. The number of amides is 2. The Hall–Kier alpha value is -3.85. The molecule has 0 fully saturated rings. The van der Waals surface area contributed by atoms with Crippen molar-refractivity contribution >= 4 is 34.5 Å². The van der Waals surface area contributed by atoms with E-state index in [0.29, 0.717) is 21.5 Å². The smallest absolute Gasteiger partial charge is 0.305 e. The molecule has 3 rings (SSSR count). The molecule has 0 radical (unpaired) electrons. The molecule has 0 aliphatic heterocycles. The Labute approximate surface area is 195 Å². The van der Waals surface area contributed by atoms with Crippen molar-refractivity contribution < 1.29 is 28.7 Å². The minimum absolute atomic E-state index is 0.0127. The lowest BCUT2D eigenvalue weighted by Crippen LogP contribution is -2.56. The maximum absolute atomic E-state index is 13.9. The average molecular weight is 467 g/mol. The molecule has 1 unspecified atom stereocenters. The average Bonchev–Trinajstić information content (AvgIpc) is 3.22. The number of carboxylic acids is 1. The normalized spacial score (nSPS) is 13.0. The molecule has 3 N–H and O–H groups in total. The van der Waals surface area contributed by atoms with E-state index in [1.807, 2.05) is 0 Å². The van der Waals surface area contributed by atoms with Crippen molar-refractivity contribution in [3.8, 4) is 5.69 Å². The first-order valence-corrected chi connectivity index (χ1v) is 10.8. The van der Waals surface area contributed by atoms with Crippen LogP contribution in [0.4, 0.5) is 4.39 Å². The van der Waals surface area contributed by atoms with Gasteiger partial charge in [0, 0.05) is 11.1 Å². The van der Waals surface area contributed by atoms with Crippen molar-refractivity contribution in [3.05, 3.63) is 66.4 Å². The number of para-hydroxylation sites is 2. The van der Waals surface area contributed by atoms with Crippen molar-refractivity contribution in [2.24, 2.45) is 11.7 Å². The summed E-state index contributed by atoms with van der Waals surface area (Å²) in [4.78, 5) is 51.6. The molecule has 9 heteroatoms. The van der Waals surface area contributed by atoms with E-state index in [9.17, 15) is 28.7 Å². The number of fused-ring (bicyclic) bond motifs is 1. The number of alkyl halides is 1. The largest absolute Gasteiger partial charge is 0.481 e. The number of aromatic nitrogens is 1. The third-order valence-electron chi connectivity index (χ3n) is 5.59. The second-order valence-corrected chi connectivity index (χ2v) is 8.26. The van der Waals surface area contributed by atoms with Crippen LogP contribution < -0.4 is 5.73 Å². The third-order valence-corrected chi connectivity index (χ3v) is 5.59. The molecule has 1 aromatic heterocycles. The summed E-state index contributed by atoms with van der Waals surface area (Å²) in [6.45, 7) is 1.76. The molecule has 2 amide bonds. The lowest BCUT2D eigenvalue weighted by Gasteiger charge is -2.31. The molecule has 0 saturated carbocycles. The van der Waals surface area contributed by atoms with Gasteiger partial charge in [-0.3, -0.25) is 24.1 Å². The number of carbonyl (C=O) groups excluding carboxylic acids is 3. The highest BCUT2D eigenvalue weighted by molar-refractivity contribution is 6.11. The first-order valence-electron chi connectivity index (χ1n) is 10.8. The van der Waals surface area contributed by atoms with Crippen LogP contribution >= 0.6 is 0 Å². The summed E-state index contributed by atoms with van der Waals surface area (Å²) in [5.74, 6) is -4.96. The molecule has 0 saturated heterocycles. The fraction of sp³-hybridized carbons (Fsp3) is 0.280. The number of nitrogens with zero attached hydrogens (tertiary/aromatic N) is 2. The second kappa shape index (κ2) is 10.4. The number of halogens is 1. The number of aliphatic carboxylic acids is 1. The zero-order valence-electron chi connectivity index (χ0n) is 18.8. The molecule has 178 valence electrons. The van der Waals surface area contributed by atoms with Gasteiger partial charge in [0.1, 0.15) is 18.4 Å². The maximum Gasteiger partial charge on any atom is 0.305 e. The number of carbonyl (C=O) groups is 4. The van der Waals surface area contributed by atoms with Crippen LogP contribution in [-0.2, 0) is 14.4 Å². The molecule has 34 heavy (non-hydrogen) atoms. The molecule has 8 nitrogen and oxygen atoms in total. The topological polar surface area (TPSA) is 123 Å². The molecule has 3 aromatic rings. The van der Waals surface area contributed by atoms with Crippen LogP contribution in [0.5, 0.6) is 0 Å². The minimum atomic E-state index is -1.84. The summed E-state index contributed by atoms with van der Waals surface area (Å²) in [6.07, 6.45) is -0.934. The fourth-order valence-corrected chi connectivity index (χ4v) is 3.74. The third kappa shape index (κ3) is 4.89. The monoisotopic (exact) mass is 467 g/mol.